The second kappa shape index (κ2) is 6.88. The molecule has 2 aliphatic rings. The fourth-order valence-electron chi connectivity index (χ4n) is 4.96. The Bertz CT molecular complexity index is 990. The minimum Gasteiger partial charge on any atom is -0.511 e. The average Bonchev–Trinajstić information content (AvgIpc) is 2.85. The summed E-state index contributed by atoms with van der Waals surface area (Å²) in [6.45, 7) is 6.33. The molecule has 4 heteroatoms. The molecule has 146 valence electrons. The molecular formula is C24H24ClIO2. The third-order valence-corrected chi connectivity index (χ3v) is 8.32. The Morgan fingerprint density at radius 3 is 2.39 bits per heavy atom. The summed E-state index contributed by atoms with van der Waals surface area (Å²) >= 11 is 8.36. The lowest BCUT2D eigenvalue weighted by molar-refractivity contribution is -0.128. The Balaban J connectivity index is 1.91. The predicted molar refractivity (Wildman–Crippen MR) is 124 cm³/mol. The van der Waals surface area contributed by atoms with Gasteiger partial charge in [0.15, 0.2) is 5.78 Å². The van der Waals surface area contributed by atoms with Crippen LogP contribution in [0.2, 0.25) is 5.02 Å². The number of carbonyl (C=O) groups excluding carboxylic acids is 1. The van der Waals surface area contributed by atoms with Gasteiger partial charge in [-0.3, -0.25) is 4.79 Å². The number of carbonyl (C=O) groups is 1. The molecule has 1 fully saturated rings. The zero-order valence-electron chi connectivity index (χ0n) is 16.4. The molecule has 2 nitrogen and oxygen atoms in total. The lowest BCUT2D eigenvalue weighted by Crippen LogP contribution is -2.45. The van der Waals surface area contributed by atoms with Gasteiger partial charge < -0.3 is 5.11 Å². The summed E-state index contributed by atoms with van der Waals surface area (Å²) in [5.74, 6) is 0.402. The Morgan fingerprint density at radius 1 is 1.11 bits per heavy atom. The molecule has 2 atom stereocenters. The molecule has 0 amide bonds. The lowest BCUT2D eigenvalue weighted by atomic mass is 9.58. The number of alkyl halides is 1. The van der Waals surface area contributed by atoms with Gasteiger partial charge in [-0.05, 0) is 58.7 Å². The Kier molecular flexibility index (Phi) is 4.90. The van der Waals surface area contributed by atoms with Crippen LogP contribution in [0.4, 0.5) is 0 Å². The molecule has 0 spiro atoms. The maximum absolute atomic E-state index is 13.7. The molecule has 0 aliphatic heterocycles. The molecule has 2 aromatic rings. The van der Waals surface area contributed by atoms with Crippen molar-refractivity contribution < 1.29 is 9.90 Å². The summed E-state index contributed by atoms with van der Waals surface area (Å²) in [7, 11) is 0. The van der Waals surface area contributed by atoms with Crippen LogP contribution in [-0.4, -0.2) is 10.9 Å². The largest absolute Gasteiger partial charge is 0.511 e. The maximum atomic E-state index is 13.7. The lowest BCUT2D eigenvalue weighted by Gasteiger charge is -2.45. The van der Waals surface area contributed by atoms with Crippen LogP contribution in [0.5, 0.6) is 0 Å². The highest BCUT2D eigenvalue weighted by Gasteiger charge is 2.61. The van der Waals surface area contributed by atoms with E-state index in [9.17, 15) is 9.90 Å². The predicted octanol–water partition coefficient (Wildman–Crippen LogP) is 7.24. The van der Waals surface area contributed by atoms with Crippen molar-refractivity contribution in [3.05, 3.63) is 64.4 Å². The van der Waals surface area contributed by atoms with Crippen LogP contribution in [0, 0.1) is 16.7 Å². The van der Waals surface area contributed by atoms with Gasteiger partial charge in [0.05, 0.1) is 5.57 Å². The van der Waals surface area contributed by atoms with Crippen molar-refractivity contribution in [2.24, 2.45) is 16.7 Å². The average molecular weight is 507 g/mol. The number of fused-ring (bicyclic) bond motifs is 2. The molecule has 2 aliphatic carbocycles. The number of hydrogen-bond donors (Lipinski definition) is 1. The highest BCUT2D eigenvalue weighted by atomic mass is 127. The molecule has 2 aromatic carbocycles. The van der Waals surface area contributed by atoms with Gasteiger partial charge in [0.1, 0.15) is 5.76 Å². The molecule has 1 saturated carbocycles. The number of rotatable bonds is 3. The van der Waals surface area contributed by atoms with Crippen LogP contribution in [0.25, 0.3) is 16.7 Å². The van der Waals surface area contributed by atoms with Crippen molar-refractivity contribution in [1.82, 2.24) is 0 Å². The van der Waals surface area contributed by atoms with E-state index in [4.69, 9.17) is 11.6 Å². The second-order valence-corrected chi connectivity index (χ2v) is 9.95. The standard InChI is InChI=1S/C24H24ClIO2/c1-23(2)19-10-11-24(23,3)22(28)20(21(19)27)18-12-15(4-5-16(18)13-26)14-6-8-17(25)9-7-14/h4-9,12,19,27H,10-11,13H2,1-3H3. The number of Topliss-reactive ketones (excluding diaryl/α,β-unsaturated/α-hetero) is 1. The second-order valence-electron chi connectivity index (χ2n) is 8.75. The Hall–Kier alpha value is -1.33. The van der Waals surface area contributed by atoms with Crippen molar-refractivity contribution in [3.63, 3.8) is 0 Å². The Morgan fingerprint density at radius 2 is 1.75 bits per heavy atom. The molecule has 0 heterocycles. The van der Waals surface area contributed by atoms with Crippen molar-refractivity contribution in [3.8, 4) is 11.1 Å². The molecule has 0 aromatic heterocycles. The van der Waals surface area contributed by atoms with E-state index in [0.717, 1.165) is 39.5 Å². The van der Waals surface area contributed by atoms with Crippen LogP contribution in [0.1, 0.15) is 44.7 Å². The van der Waals surface area contributed by atoms with E-state index in [1.165, 1.54) is 0 Å². The molecule has 2 bridgehead atoms. The molecule has 2 unspecified atom stereocenters. The normalized spacial score (nSPS) is 26.0. The van der Waals surface area contributed by atoms with Crippen LogP contribution in [0.15, 0.2) is 48.2 Å². The number of allylic oxidation sites excluding steroid dienone is 2. The summed E-state index contributed by atoms with van der Waals surface area (Å²) in [5.41, 5.74) is 3.90. The fraction of sp³-hybridized carbons (Fsp3) is 0.375. The van der Waals surface area contributed by atoms with Gasteiger partial charge in [-0.1, -0.05) is 79.2 Å². The zero-order chi connectivity index (χ0) is 20.3. The van der Waals surface area contributed by atoms with Crippen LogP contribution < -0.4 is 0 Å². The van der Waals surface area contributed by atoms with Crippen LogP contribution in [-0.2, 0) is 9.22 Å². The Labute approximate surface area is 185 Å². The van der Waals surface area contributed by atoms with E-state index < -0.39 is 5.41 Å². The van der Waals surface area contributed by atoms with Crippen LogP contribution in [0.3, 0.4) is 0 Å². The third kappa shape index (κ3) is 2.77. The molecule has 1 N–H and O–H groups in total. The molecule has 0 radical (unpaired) electrons. The first kappa shape index (κ1) is 20.0. The van der Waals surface area contributed by atoms with Gasteiger partial charge in [0.2, 0.25) is 0 Å². The first-order valence-electron chi connectivity index (χ1n) is 9.64. The summed E-state index contributed by atoms with van der Waals surface area (Å²) in [6.07, 6.45) is 1.69. The summed E-state index contributed by atoms with van der Waals surface area (Å²) in [5, 5.41) is 11.9. The first-order chi connectivity index (χ1) is 13.2. The zero-order valence-corrected chi connectivity index (χ0v) is 19.3. The number of aliphatic hydroxyl groups is 1. The molecule has 28 heavy (non-hydrogen) atoms. The highest BCUT2D eigenvalue weighted by molar-refractivity contribution is 14.1. The summed E-state index contributed by atoms with van der Waals surface area (Å²) in [4.78, 5) is 13.7. The SMILES string of the molecule is CC12CCC(C(O)=C(c3cc(-c4ccc(Cl)cc4)ccc3CI)C1=O)C2(C)C. The topological polar surface area (TPSA) is 37.3 Å². The minimum atomic E-state index is -0.432. The van der Waals surface area contributed by atoms with Gasteiger partial charge in [-0.25, -0.2) is 0 Å². The van der Waals surface area contributed by atoms with Crippen molar-refractivity contribution >= 4 is 45.5 Å². The van der Waals surface area contributed by atoms with E-state index in [1.54, 1.807) is 0 Å². The van der Waals surface area contributed by atoms with E-state index in [2.05, 4.69) is 61.6 Å². The van der Waals surface area contributed by atoms with Crippen molar-refractivity contribution in [1.29, 1.82) is 0 Å². The van der Waals surface area contributed by atoms with Crippen LogP contribution >= 0.6 is 34.2 Å². The van der Waals surface area contributed by atoms with Crippen molar-refractivity contribution in [2.45, 2.75) is 38.0 Å². The molecule has 0 saturated heterocycles. The number of aliphatic hydroxyl groups excluding tert-OH is 1. The van der Waals surface area contributed by atoms with Gasteiger partial charge in [-0.2, -0.15) is 0 Å². The van der Waals surface area contributed by atoms with E-state index >= 15 is 0 Å². The number of ketones is 1. The van der Waals surface area contributed by atoms with E-state index in [0.29, 0.717) is 10.6 Å². The summed E-state index contributed by atoms with van der Waals surface area (Å²) in [6, 6.07) is 13.9. The van der Waals surface area contributed by atoms with Gasteiger partial charge in [0, 0.05) is 20.8 Å². The first-order valence-corrected chi connectivity index (χ1v) is 11.5. The van der Waals surface area contributed by atoms with Crippen molar-refractivity contribution in [2.75, 3.05) is 0 Å². The highest BCUT2D eigenvalue weighted by Crippen LogP contribution is 2.63. The smallest absolute Gasteiger partial charge is 0.173 e. The maximum Gasteiger partial charge on any atom is 0.173 e. The number of halogens is 2. The van der Waals surface area contributed by atoms with E-state index in [-0.39, 0.29) is 22.9 Å². The quantitative estimate of drug-likeness (QED) is 0.352. The summed E-state index contributed by atoms with van der Waals surface area (Å²) < 4.78 is 0.781. The molecular weight excluding hydrogens is 483 g/mol. The third-order valence-electron chi connectivity index (χ3n) is 7.24. The fourth-order valence-corrected chi connectivity index (χ4v) is 5.75. The number of benzene rings is 2. The van der Waals surface area contributed by atoms with Gasteiger partial charge >= 0.3 is 0 Å². The minimum absolute atomic E-state index is 0.0337. The molecule has 4 rings (SSSR count). The van der Waals surface area contributed by atoms with E-state index in [1.807, 2.05) is 24.3 Å². The van der Waals surface area contributed by atoms with Gasteiger partial charge in [0.25, 0.3) is 0 Å². The van der Waals surface area contributed by atoms with Gasteiger partial charge in [-0.15, -0.1) is 0 Å². The number of hydrogen-bond acceptors (Lipinski definition) is 2. The monoisotopic (exact) mass is 506 g/mol.